The molecule has 244 valence electrons. The van der Waals surface area contributed by atoms with Gasteiger partial charge in [0, 0.05) is 37.8 Å². The highest BCUT2D eigenvalue weighted by Gasteiger charge is 2.33. The molecule has 3 amide bonds. The molecule has 3 N–H and O–H groups in total. The van der Waals surface area contributed by atoms with Crippen LogP contribution in [-0.2, 0) is 23.2 Å². The summed E-state index contributed by atoms with van der Waals surface area (Å²) in [6, 6.07) is 19.6. The number of nitrogens with zero attached hydrogens (tertiary/aromatic N) is 3. The van der Waals surface area contributed by atoms with Crippen molar-refractivity contribution in [1.29, 1.82) is 0 Å². The molecule has 12 heteroatoms. The lowest BCUT2D eigenvalue weighted by Crippen LogP contribution is -2.57. The zero-order valence-electron chi connectivity index (χ0n) is 26.6. The molecule has 0 aliphatic carbocycles. The number of carbonyl (C=O) groups is 3. The van der Waals surface area contributed by atoms with E-state index >= 15 is 0 Å². The standard InChI is InChI=1S/C35H38N6O6/c1-22-29(18-37-40(22)2)38-33(42)20-41-14-13-32-30(19-41)39-35(44)25-9-12-31(45-3)28(16-25)24-5-4-6-27(15-24)46-21-34(43)36-17-23-7-10-26(47-32)11-8-23/h4-12,15-16,18,30,32H,13-14,17,19-21H2,1-3H3,(H,36,43)(H,38,42)(H,39,44)/t30-,32-/m1/s1. The van der Waals surface area contributed by atoms with Gasteiger partial charge in [-0.05, 0) is 66.9 Å². The van der Waals surface area contributed by atoms with Crippen LogP contribution in [0.4, 0.5) is 5.69 Å². The number of carbonyl (C=O) groups excluding carboxylic acids is 3. The Morgan fingerprint density at radius 1 is 1.06 bits per heavy atom. The summed E-state index contributed by atoms with van der Waals surface area (Å²) in [5, 5.41) is 13.2. The van der Waals surface area contributed by atoms with E-state index in [1.807, 2.05) is 61.3 Å². The first-order valence-electron chi connectivity index (χ1n) is 15.5. The van der Waals surface area contributed by atoms with Gasteiger partial charge in [0.15, 0.2) is 6.61 Å². The highest BCUT2D eigenvalue weighted by atomic mass is 16.5. The summed E-state index contributed by atoms with van der Waals surface area (Å²) in [5.74, 6) is 1.05. The highest BCUT2D eigenvalue weighted by molar-refractivity contribution is 5.96. The van der Waals surface area contributed by atoms with Gasteiger partial charge >= 0.3 is 0 Å². The summed E-state index contributed by atoms with van der Waals surface area (Å²) in [4.78, 5) is 41.4. The van der Waals surface area contributed by atoms with Gasteiger partial charge in [0.25, 0.3) is 11.8 Å². The number of rotatable bonds is 4. The average molecular weight is 639 g/mol. The Labute approximate surface area is 273 Å². The molecule has 7 rings (SSSR count). The molecule has 0 unspecified atom stereocenters. The second-order valence-corrected chi connectivity index (χ2v) is 11.7. The van der Waals surface area contributed by atoms with E-state index in [-0.39, 0.29) is 37.0 Å². The number of likely N-dealkylation sites (tertiary alicyclic amines) is 1. The number of aryl methyl sites for hydroxylation is 1. The molecule has 0 spiro atoms. The predicted molar refractivity (Wildman–Crippen MR) is 176 cm³/mol. The number of nitrogens with one attached hydrogen (secondary N) is 3. The molecule has 47 heavy (non-hydrogen) atoms. The van der Waals surface area contributed by atoms with Crippen LogP contribution < -0.4 is 30.2 Å². The van der Waals surface area contributed by atoms with Crippen LogP contribution in [-0.4, -0.2) is 77.9 Å². The summed E-state index contributed by atoms with van der Waals surface area (Å²) in [7, 11) is 3.40. The number of anilines is 1. The Morgan fingerprint density at radius 3 is 2.66 bits per heavy atom. The Morgan fingerprint density at radius 2 is 1.89 bits per heavy atom. The fraction of sp³-hybridized carbons (Fsp3) is 0.314. The van der Waals surface area contributed by atoms with Crippen LogP contribution in [0.5, 0.6) is 17.2 Å². The van der Waals surface area contributed by atoms with Crippen molar-refractivity contribution in [2.75, 3.05) is 38.7 Å². The minimum absolute atomic E-state index is 0.144. The Hall–Kier alpha value is -5.36. The van der Waals surface area contributed by atoms with Gasteiger partial charge < -0.3 is 30.2 Å². The minimum atomic E-state index is -0.420. The Bertz CT molecular complexity index is 1770. The van der Waals surface area contributed by atoms with E-state index in [1.165, 1.54) is 0 Å². The smallest absolute Gasteiger partial charge is 0.258 e. The Balaban J connectivity index is 1.27. The molecule has 3 aromatic carbocycles. The normalized spacial score (nSPS) is 18.5. The molecule has 6 bridgehead atoms. The lowest BCUT2D eigenvalue weighted by Gasteiger charge is -2.38. The van der Waals surface area contributed by atoms with Crippen LogP contribution in [0.25, 0.3) is 11.1 Å². The second kappa shape index (κ2) is 14.0. The number of amides is 3. The molecule has 1 fully saturated rings. The highest BCUT2D eigenvalue weighted by Crippen LogP contribution is 2.33. The van der Waals surface area contributed by atoms with Gasteiger partial charge in [-0.25, -0.2) is 0 Å². The molecule has 3 aliphatic rings. The van der Waals surface area contributed by atoms with Gasteiger partial charge in [0.2, 0.25) is 5.91 Å². The summed E-state index contributed by atoms with van der Waals surface area (Å²) in [6.45, 7) is 3.25. The summed E-state index contributed by atoms with van der Waals surface area (Å²) in [5.41, 5.74) is 4.34. The van der Waals surface area contributed by atoms with Gasteiger partial charge in [0.1, 0.15) is 23.4 Å². The van der Waals surface area contributed by atoms with Crippen molar-refractivity contribution in [3.63, 3.8) is 0 Å². The third-order valence-electron chi connectivity index (χ3n) is 8.50. The van der Waals surface area contributed by atoms with Gasteiger partial charge in [-0.15, -0.1) is 0 Å². The zero-order chi connectivity index (χ0) is 32.9. The van der Waals surface area contributed by atoms with Gasteiger partial charge in [-0.2, -0.15) is 5.10 Å². The molecule has 12 nitrogen and oxygen atoms in total. The zero-order valence-corrected chi connectivity index (χ0v) is 26.6. The Kier molecular flexibility index (Phi) is 9.39. The SMILES string of the molecule is COc1ccc2cc1-c1cccc(c1)OCC(=O)NCc1ccc(cc1)O[C@@H]1CCN(CC(=O)Nc3cnn(C)c3C)C[C@H]1NC2=O. The van der Waals surface area contributed by atoms with Crippen LogP contribution >= 0.6 is 0 Å². The monoisotopic (exact) mass is 638 g/mol. The first-order chi connectivity index (χ1) is 22.7. The summed E-state index contributed by atoms with van der Waals surface area (Å²) in [6.07, 6.45) is 1.87. The summed E-state index contributed by atoms with van der Waals surface area (Å²) >= 11 is 0. The molecule has 0 saturated carbocycles. The first kappa shape index (κ1) is 31.6. The predicted octanol–water partition coefficient (Wildman–Crippen LogP) is 3.30. The maximum absolute atomic E-state index is 13.8. The molecule has 4 aromatic rings. The van der Waals surface area contributed by atoms with Gasteiger partial charge in [0.05, 0.1) is 37.3 Å². The van der Waals surface area contributed by atoms with E-state index in [4.69, 9.17) is 14.2 Å². The summed E-state index contributed by atoms with van der Waals surface area (Å²) < 4.78 is 19.5. The third kappa shape index (κ3) is 7.55. The number of aromatic nitrogens is 2. The van der Waals surface area contributed by atoms with Crippen molar-refractivity contribution in [3.05, 3.63) is 89.7 Å². The molecule has 0 radical (unpaired) electrons. The molecule has 3 aliphatic heterocycles. The number of hydrogen-bond acceptors (Lipinski definition) is 8. The van der Waals surface area contributed by atoms with Crippen molar-refractivity contribution in [3.8, 4) is 28.4 Å². The fourth-order valence-electron chi connectivity index (χ4n) is 5.78. The molecule has 1 aromatic heterocycles. The molecular weight excluding hydrogens is 600 g/mol. The van der Waals surface area contributed by atoms with Crippen LogP contribution in [0.3, 0.4) is 0 Å². The van der Waals surface area contributed by atoms with Crippen molar-refractivity contribution in [1.82, 2.24) is 25.3 Å². The average Bonchev–Trinajstić information content (AvgIpc) is 3.39. The van der Waals surface area contributed by atoms with Crippen molar-refractivity contribution >= 4 is 23.4 Å². The number of fused-ring (bicyclic) bond motifs is 7. The van der Waals surface area contributed by atoms with Gasteiger partial charge in [-0.1, -0.05) is 24.3 Å². The van der Waals surface area contributed by atoms with E-state index < -0.39 is 6.04 Å². The molecule has 4 heterocycles. The van der Waals surface area contributed by atoms with E-state index in [9.17, 15) is 14.4 Å². The number of hydrogen-bond donors (Lipinski definition) is 3. The topological polar surface area (TPSA) is 136 Å². The van der Waals surface area contributed by atoms with Crippen LogP contribution in [0.1, 0.15) is 28.0 Å². The maximum atomic E-state index is 13.8. The van der Waals surface area contributed by atoms with E-state index in [2.05, 4.69) is 21.0 Å². The van der Waals surface area contributed by atoms with Crippen molar-refractivity contribution < 1.29 is 28.6 Å². The van der Waals surface area contributed by atoms with Crippen LogP contribution in [0.2, 0.25) is 0 Å². The first-order valence-corrected chi connectivity index (χ1v) is 15.5. The second-order valence-electron chi connectivity index (χ2n) is 11.7. The fourth-order valence-corrected chi connectivity index (χ4v) is 5.78. The van der Waals surface area contributed by atoms with E-state index in [0.29, 0.717) is 60.1 Å². The van der Waals surface area contributed by atoms with Crippen LogP contribution in [0, 0.1) is 6.92 Å². The lowest BCUT2D eigenvalue weighted by atomic mass is 9.99. The van der Waals surface area contributed by atoms with Crippen molar-refractivity contribution in [2.24, 2.45) is 7.05 Å². The van der Waals surface area contributed by atoms with Crippen LogP contribution in [0.15, 0.2) is 72.9 Å². The quantitative estimate of drug-likeness (QED) is 0.310. The number of piperidine rings is 1. The number of benzene rings is 3. The maximum Gasteiger partial charge on any atom is 0.258 e. The molecular formula is C35H38N6O6. The lowest BCUT2D eigenvalue weighted by molar-refractivity contribution is -0.123. The number of ether oxygens (including phenoxy) is 3. The molecule has 1 saturated heterocycles. The molecule has 2 atom stereocenters. The van der Waals surface area contributed by atoms with E-state index in [0.717, 1.165) is 16.8 Å². The van der Waals surface area contributed by atoms with E-state index in [1.54, 1.807) is 42.3 Å². The minimum Gasteiger partial charge on any atom is -0.496 e. The van der Waals surface area contributed by atoms with Crippen molar-refractivity contribution in [2.45, 2.75) is 32.0 Å². The number of methoxy groups -OCH3 is 1. The third-order valence-corrected chi connectivity index (χ3v) is 8.50. The van der Waals surface area contributed by atoms with Gasteiger partial charge in [-0.3, -0.25) is 24.0 Å². The largest absolute Gasteiger partial charge is 0.496 e.